The molecule has 0 bridgehead atoms. The van der Waals surface area contributed by atoms with E-state index >= 15 is 0 Å². The Hall–Kier alpha value is -2.14. The minimum Gasteiger partial charge on any atom is -0.286 e. The van der Waals surface area contributed by atoms with Gasteiger partial charge < -0.3 is 0 Å². The van der Waals surface area contributed by atoms with E-state index in [-0.39, 0.29) is 11.7 Å². The average molecular weight is 342 g/mol. The van der Waals surface area contributed by atoms with Crippen LogP contribution in [0.15, 0.2) is 47.5 Å². The Kier molecular flexibility index (Phi) is 5.00. The molecule has 124 valence electrons. The molecular formula is C19H19FN2OS. The molecule has 0 radical (unpaired) electrons. The van der Waals surface area contributed by atoms with Crippen LogP contribution < -0.4 is 0 Å². The fourth-order valence-electron chi connectivity index (χ4n) is 2.75. The number of hydrogen-bond donors (Lipinski definition) is 0. The number of aliphatic imine (C=N–C) groups is 1. The predicted molar refractivity (Wildman–Crippen MR) is 96.9 cm³/mol. The zero-order valence-corrected chi connectivity index (χ0v) is 14.6. The van der Waals surface area contributed by atoms with Gasteiger partial charge in [-0.2, -0.15) is 0 Å². The SMILES string of the molecule is Cc1cc(C)cc(C(=O)N2CCN=C2SCc2ccccc2F)c1. The van der Waals surface area contributed by atoms with Crippen LogP contribution in [0.5, 0.6) is 0 Å². The number of nitrogens with zero attached hydrogens (tertiary/aromatic N) is 2. The second-order valence-corrected chi connectivity index (χ2v) is 6.82. The molecule has 1 aliphatic rings. The van der Waals surface area contributed by atoms with Crippen molar-refractivity contribution in [3.8, 4) is 0 Å². The molecule has 1 amide bonds. The number of aryl methyl sites for hydroxylation is 2. The minimum absolute atomic E-state index is 0.0425. The highest BCUT2D eigenvalue weighted by Crippen LogP contribution is 2.23. The van der Waals surface area contributed by atoms with Crippen LogP contribution in [-0.4, -0.2) is 29.1 Å². The third kappa shape index (κ3) is 3.67. The van der Waals surface area contributed by atoms with Crippen LogP contribution in [-0.2, 0) is 5.75 Å². The van der Waals surface area contributed by atoms with Crippen molar-refractivity contribution in [2.45, 2.75) is 19.6 Å². The molecule has 0 unspecified atom stereocenters. The molecule has 2 aromatic carbocycles. The molecule has 24 heavy (non-hydrogen) atoms. The van der Waals surface area contributed by atoms with Crippen molar-refractivity contribution in [3.05, 3.63) is 70.5 Å². The Morgan fingerprint density at radius 2 is 1.92 bits per heavy atom. The molecule has 0 fully saturated rings. The molecule has 0 aromatic heterocycles. The number of carbonyl (C=O) groups is 1. The summed E-state index contributed by atoms with van der Waals surface area (Å²) in [6.07, 6.45) is 0. The van der Waals surface area contributed by atoms with Crippen LogP contribution in [0, 0.1) is 19.7 Å². The molecule has 0 saturated heterocycles. The van der Waals surface area contributed by atoms with Crippen molar-refractivity contribution in [3.63, 3.8) is 0 Å². The Labute approximate surface area is 145 Å². The van der Waals surface area contributed by atoms with E-state index in [4.69, 9.17) is 0 Å². The van der Waals surface area contributed by atoms with Crippen molar-refractivity contribution >= 4 is 22.8 Å². The first-order valence-corrected chi connectivity index (χ1v) is 8.84. The summed E-state index contributed by atoms with van der Waals surface area (Å²) >= 11 is 1.41. The van der Waals surface area contributed by atoms with Gasteiger partial charge in [-0.25, -0.2) is 4.39 Å². The van der Waals surface area contributed by atoms with Gasteiger partial charge in [-0.3, -0.25) is 14.7 Å². The van der Waals surface area contributed by atoms with E-state index in [1.807, 2.05) is 38.1 Å². The van der Waals surface area contributed by atoms with Gasteiger partial charge in [0.1, 0.15) is 5.82 Å². The van der Waals surface area contributed by atoms with Crippen molar-refractivity contribution in [1.82, 2.24) is 4.90 Å². The zero-order valence-electron chi connectivity index (χ0n) is 13.8. The Morgan fingerprint density at radius 3 is 2.62 bits per heavy atom. The fraction of sp³-hybridized carbons (Fsp3) is 0.263. The monoisotopic (exact) mass is 342 g/mol. The van der Waals surface area contributed by atoms with E-state index in [0.717, 1.165) is 11.1 Å². The molecule has 1 heterocycles. The molecule has 3 nitrogen and oxygen atoms in total. The lowest BCUT2D eigenvalue weighted by atomic mass is 10.1. The number of thioether (sulfide) groups is 1. The normalized spacial score (nSPS) is 14.0. The minimum atomic E-state index is -0.226. The van der Waals surface area contributed by atoms with Gasteiger partial charge in [0.2, 0.25) is 0 Å². The molecule has 0 spiro atoms. The first-order chi connectivity index (χ1) is 11.5. The summed E-state index contributed by atoms with van der Waals surface area (Å²) in [5.74, 6) is 0.192. The molecular weight excluding hydrogens is 323 g/mol. The summed E-state index contributed by atoms with van der Waals surface area (Å²) in [6.45, 7) is 5.13. The fourth-order valence-corrected chi connectivity index (χ4v) is 3.78. The van der Waals surface area contributed by atoms with E-state index in [1.54, 1.807) is 17.0 Å². The van der Waals surface area contributed by atoms with Crippen molar-refractivity contribution in [2.75, 3.05) is 13.1 Å². The van der Waals surface area contributed by atoms with Crippen molar-refractivity contribution in [1.29, 1.82) is 0 Å². The lowest BCUT2D eigenvalue weighted by molar-refractivity contribution is 0.0860. The van der Waals surface area contributed by atoms with Crippen molar-refractivity contribution in [2.24, 2.45) is 4.99 Å². The van der Waals surface area contributed by atoms with E-state index in [9.17, 15) is 9.18 Å². The largest absolute Gasteiger partial charge is 0.286 e. The lowest BCUT2D eigenvalue weighted by Gasteiger charge is -2.18. The van der Waals surface area contributed by atoms with E-state index in [0.29, 0.717) is 35.1 Å². The molecule has 0 aliphatic carbocycles. The maximum atomic E-state index is 13.7. The van der Waals surface area contributed by atoms with Crippen molar-refractivity contribution < 1.29 is 9.18 Å². The molecule has 5 heteroatoms. The van der Waals surface area contributed by atoms with Crippen LogP contribution in [0.1, 0.15) is 27.0 Å². The smallest absolute Gasteiger partial charge is 0.259 e. The molecule has 3 rings (SSSR count). The van der Waals surface area contributed by atoms with Crippen LogP contribution in [0.4, 0.5) is 4.39 Å². The third-order valence-corrected chi connectivity index (χ3v) is 4.89. The molecule has 0 atom stereocenters. The molecule has 2 aromatic rings. The number of hydrogen-bond acceptors (Lipinski definition) is 3. The van der Waals surface area contributed by atoms with Crippen LogP contribution in [0.2, 0.25) is 0 Å². The first kappa shape index (κ1) is 16.7. The van der Waals surface area contributed by atoms with Gasteiger partial charge in [0.05, 0.1) is 6.54 Å². The standard InChI is InChI=1S/C19H19FN2OS/c1-13-9-14(2)11-16(10-13)18(23)22-8-7-21-19(22)24-12-15-5-3-4-6-17(15)20/h3-6,9-11H,7-8,12H2,1-2H3. The Morgan fingerprint density at radius 1 is 1.21 bits per heavy atom. The van der Waals surface area contributed by atoms with Crippen LogP contribution in [0.3, 0.4) is 0 Å². The average Bonchev–Trinajstić information content (AvgIpc) is 3.01. The quantitative estimate of drug-likeness (QED) is 0.838. The first-order valence-electron chi connectivity index (χ1n) is 7.85. The Bertz CT molecular complexity index is 783. The summed E-state index contributed by atoms with van der Waals surface area (Å²) in [4.78, 5) is 18.9. The topological polar surface area (TPSA) is 32.7 Å². The highest BCUT2D eigenvalue weighted by Gasteiger charge is 2.25. The second kappa shape index (κ2) is 7.18. The highest BCUT2D eigenvalue weighted by atomic mass is 32.2. The third-order valence-electron chi connectivity index (χ3n) is 3.83. The van der Waals surface area contributed by atoms with E-state index in [2.05, 4.69) is 4.99 Å². The zero-order chi connectivity index (χ0) is 17.1. The number of amidine groups is 1. The molecule has 1 aliphatic heterocycles. The number of carbonyl (C=O) groups excluding carboxylic acids is 1. The number of benzene rings is 2. The summed E-state index contributed by atoms with van der Waals surface area (Å²) in [5.41, 5.74) is 3.43. The predicted octanol–water partition coefficient (Wildman–Crippen LogP) is 4.19. The van der Waals surface area contributed by atoms with Gasteiger partial charge in [-0.05, 0) is 37.6 Å². The van der Waals surface area contributed by atoms with Gasteiger partial charge in [-0.1, -0.05) is 47.2 Å². The number of amides is 1. The summed E-state index contributed by atoms with van der Waals surface area (Å²) < 4.78 is 13.7. The summed E-state index contributed by atoms with van der Waals surface area (Å²) in [6, 6.07) is 12.5. The second-order valence-electron chi connectivity index (χ2n) is 5.88. The molecule has 0 saturated carbocycles. The maximum Gasteiger partial charge on any atom is 0.259 e. The summed E-state index contributed by atoms with van der Waals surface area (Å²) in [5, 5.41) is 0.669. The molecule has 0 N–H and O–H groups in total. The Balaban J connectivity index is 1.73. The van der Waals surface area contributed by atoms with Gasteiger partial charge in [0, 0.05) is 17.9 Å². The highest BCUT2D eigenvalue weighted by molar-refractivity contribution is 8.13. The lowest BCUT2D eigenvalue weighted by Crippen LogP contribution is -2.33. The van der Waals surface area contributed by atoms with Gasteiger partial charge in [-0.15, -0.1) is 0 Å². The maximum absolute atomic E-state index is 13.7. The van der Waals surface area contributed by atoms with Gasteiger partial charge in [0.15, 0.2) is 5.17 Å². The van der Waals surface area contributed by atoms with E-state index in [1.165, 1.54) is 17.8 Å². The van der Waals surface area contributed by atoms with Crippen LogP contribution in [0.25, 0.3) is 0 Å². The number of rotatable bonds is 3. The number of halogens is 1. The van der Waals surface area contributed by atoms with Crippen LogP contribution >= 0.6 is 11.8 Å². The summed E-state index contributed by atoms with van der Waals surface area (Å²) in [7, 11) is 0. The van der Waals surface area contributed by atoms with Gasteiger partial charge in [0.25, 0.3) is 5.91 Å². The van der Waals surface area contributed by atoms with Gasteiger partial charge >= 0.3 is 0 Å². The van der Waals surface area contributed by atoms with E-state index < -0.39 is 0 Å².